The van der Waals surface area contributed by atoms with Crippen LogP contribution in [0.5, 0.6) is 0 Å². The van der Waals surface area contributed by atoms with Crippen LogP contribution in [0.1, 0.15) is 39.5 Å². The number of carbonyl (C=O) groups is 1. The Bertz CT molecular complexity index is 244. The molecule has 2 fully saturated rings. The van der Waals surface area contributed by atoms with Gasteiger partial charge in [0.05, 0.1) is 12.2 Å². The quantitative estimate of drug-likeness (QED) is 0.718. The minimum atomic E-state index is 0.297. The van der Waals surface area contributed by atoms with E-state index in [4.69, 9.17) is 4.74 Å². The molecule has 3 heteroatoms. The predicted octanol–water partition coefficient (Wildman–Crippen LogP) is 1.85. The molecule has 1 saturated carbocycles. The largest absolute Gasteiger partial charge is 0.373 e. The summed E-state index contributed by atoms with van der Waals surface area (Å²) in [5, 5.41) is 0. The summed E-state index contributed by atoms with van der Waals surface area (Å²) in [6.07, 6.45) is 4.85. The number of Topliss-reactive ketones (excluding diaryl/α,β-unsaturated/α-hetero) is 1. The number of morpholine rings is 1. The van der Waals surface area contributed by atoms with Gasteiger partial charge in [-0.1, -0.05) is 6.42 Å². The molecular formula is C13H23NO2. The van der Waals surface area contributed by atoms with Crippen molar-refractivity contribution >= 4 is 5.78 Å². The van der Waals surface area contributed by atoms with Crippen LogP contribution < -0.4 is 0 Å². The lowest BCUT2D eigenvalue weighted by atomic mass is 9.87. The van der Waals surface area contributed by atoms with Gasteiger partial charge in [-0.25, -0.2) is 0 Å². The van der Waals surface area contributed by atoms with Crippen LogP contribution in [0, 0.1) is 5.92 Å². The van der Waals surface area contributed by atoms with E-state index in [1.807, 2.05) is 0 Å². The zero-order chi connectivity index (χ0) is 11.5. The molecule has 0 aromatic heterocycles. The van der Waals surface area contributed by atoms with Gasteiger partial charge in [-0.05, 0) is 26.7 Å². The van der Waals surface area contributed by atoms with Gasteiger partial charge in [-0.3, -0.25) is 9.69 Å². The Hall–Kier alpha value is -0.410. The number of hydrogen-bond acceptors (Lipinski definition) is 3. The van der Waals surface area contributed by atoms with Crippen LogP contribution in [0.3, 0.4) is 0 Å². The number of hydrogen-bond donors (Lipinski definition) is 0. The first-order valence-electron chi connectivity index (χ1n) is 6.55. The third-order valence-electron chi connectivity index (χ3n) is 3.65. The van der Waals surface area contributed by atoms with E-state index in [0.29, 0.717) is 23.9 Å². The van der Waals surface area contributed by atoms with Gasteiger partial charge < -0.3 is 4.74 Å². The lowest BCUT2D eigenvalue weighted by molar-refractivity contribution is -0.127. The summed E-state index contributed by atoms with van der Waals surface area (Å²) in [5.74, 6) is 0.782. The van der Waals surface area contributed by atoms with Crippen molar-refractivity contribution in [2.24, 2.45) is 5.92 Å². The topological polar surface area (TPSA) is 29.5 Å². The zero-order valence-electron chi connectivity index (χ0n) is 10.4. The lowest BCUT2D eigenvalue weighted by Gasteiger charge is -2.37. The summed E-state index contributed by atoms with van der Waals surface area (Å²) in [6, 6.07) is 0. The number of carbonyl (C=O) groups excluding carboxylic acids is 1. The Labute approximate surface area is 98.1 Å². The van der Waals surface area contributed by atoms with Gasteiger partial charge in [0, 0.05) is 32.0 Å². The summed E-state index contributed by atoms with van der Waals surface area (Å²) in [7, 11) is 0. The van der Waals surface area contributed by atoms with Crippen molar-refractivity contribution in [1.82, 2.24) is 4.90 Å². The molecule has 1 aliphatic heterocycles. The Morgan fingerprint density at radius 3 is 2.56 bits per heavy atom. The maximum Gasteiger partial charge on any atom is 0.137 e. The van der Waals surface area contributed by atoms with E-state index in [0.717, 1.165) is 38.9 Å². The summed E-state index contributed by atoms with van der Waals surface area (Å²) < 4.78 is 5.71. The van der Waals surface area contributed by atoms with Crippen LogP contribution in [-0.4, -0.2) is 42.5 Å². The Morgan fingerprint density at radius 2 is 1.94 bits per heavy atom. The second kappa shape index (κ2) is 5.28. The molecule has 0 spiro atoms. The number of nitrogens with zero attached hydrogens (tertiary/aromatic N) is 1. The van der Waals surface area contributed by atoms with Crippen molar-refractivity contribution in [3.63, 3.8) is 0 Å². The molecule has 0 aromatic rings. The maximum absolute atomic E-state index is 11.8. The number of rotatable bonds is 2. The van der Waals surface area contributed by atoms with Gasteiger partial charge in [-0.15, -0.1) is 0 Å². The van der Waals surface area contributed by atoms with Gasteiger partial charge in [0.25, 0.3) is 0 Å². The molecule has 1 aliphatic carbocycles. The van der Waals surface area contributed by atoms with Crippen molar-refractivity contribution in [2.45, 2.75) is 51.7 Å². The van der Waals surface area contributed by atoms with E-state index >= 15 is 0 Å². The monoisotopic (exact) mass is 225 g/mol. The fraction of sp³-hybridized carbons (Fsp3) is 0.923. The van der Waals surface area contributed by atoms with Crippen LogP contribution in [-0.2, 0) is 9.53 Å². The van der Waals surface area contributed by atoms with Crippen molar-refractivity contribution in [1.29, 1.82) is 0 Å². The van der Waals surface area contributed by atoms with E-state index in [1.165, 1.54) is 6.42 Å². The molecule has 0 amide bonds. The normalized spacial score (nSPS) is 37.6. The molecule has 16 heavy (non-hydrogen) atoms. The fourth-order valence-electron chi connectivity index (χ4n) is 2.99. The van der Waals surface area contributed by atoms with Crippen molar-refractivity contribution in [3.8, 4) is 0 Å². The first kappa shape index (κ1) is 12.1. The summed E-state index contributed by atoms with van der Waals surface area (Å²) in [6.45, 7) is 7.15. The molecule has 2 aliphatic rings. The van der Waals surface area contributed by atoms with E-state index in [9.17, 15) is 4.79 Å². The van der Waals surface area contributed by atoms with Crippen LogP contribution in [0.2, 0.25) is 0 Å². The third-order valence-corrected chi connectivity index (χ3v) is 3.65. The van der Waals surface area contributed by atoms with Gasteiger partial charge in [0.2, 0.25) is 0 Å². The van der Waals surface area contributed by atoms with Crippen LogP contribution in [0.15, 0.2) is 0 Å². The molecule has 1 heterocycles. The molecule has 92 valence electrons. The van der Waals surface area contributed by atoms with Crippen LogP contribution >= 0.6 is 0 Å². The van der Waals surface area contributed by atoms with E-state index in [2.05, 4.69) is 18.7 Å². The summed E-state index contributed by atoms with van der Waals surface area (Å²) >= 11 is 0. The minimum Gasteiger partial charge on any atom is -0.373 e. The highest BCUT2D eigenvalue weighted by Crippen LogP contribution is 2.23. The Morgan fingerprint density at radius 1 is 1.25 bits per heavy atom. The summed E-state index contributed by atoms with van der Waals surface area (Å²) in [4.78, 5) is 14.2. The zero-order valence-corrected chi connectivity index (χ0v) is 10.4. The molecule has 0 bridgehead atoms. The highest BCUT2D eigenvalue weighted by atomic mass is 16.5. The molecule has 1 saturated heterocycles. The lowest BCUT2D eigenvalue weighted by Crippen LogP contribution is -2.48. The second-order valence-electron chi connectivity index (χ2n) is 5.38. The van der Waals surface area contributed by atoms with E-state index < -0.39 is 0 Å². The average Bonchev–Trinajstić information content (AvgIpc) is 2.20. The maximum atomic E-state index is 11.8. The number of ether oxygens (including phenoxy) is 1. The molecule has 3 atom stereocenters. The van der Waals surface area contributed by atoms with Crippen molar-refractivity contribution in [2.75, 3.05) is 19.6 Å². The van der Waals surface area contributed by atoms with Gasteiger partial charge >= 0.3 is 0 Å². The van der Waals surface area contributed by atoms with Gasteiger partial charge in [-0.2, -0.15) is 0 Å². The first-order valence-corrected chi connectivity index (χ1v) is 6.55. The molecule has 2 rings (SSSR count). The second-order valence-corrected chi connectivity index (χ2v) is 5.38. The van der Waals surface area contributed by atoms with Gasteiger partial charge in [0.1, 0.15) is 5.78 Å². The van der Waals surface area contributed by atoms with Crippen LogP contribution in [0.25, 0.3) is 0 Å². The van der Waals surface area contributed by atoms with E-state index in [-0.39, 0.29) is 0 Å². The third kappa shape index (κ3) is 3.05. The molecule has 3 unspecified atom stereocenters. The first-order chi connectivity index (χ1) is 7.65. The number of ketones is 1. The smallest absolute Gasteiger partial charge is 0.137 e. The highest BCUT2D eigenvalue weighted by molar-refractivity contribution is 5.81. The summed E-state index contributed by atoms with van der Waals surface area (Å²) in [5.41, 5.74) is 0. The van der Waals surface area contributed by atoms with Gasteiger partial charge in [0.15, 0.2) is 0 Å². The Kier molecular flexibility index (Phi) is 3.98. The molecule has 0 aromatic carbocycles. The van der Waals surface area contributed by atoms with Crippen LogP contribution in [0.4, 0.5) is 0 Å². The van der Waals surface area contributed by atoms with Crippen molar-refractivity contribution in [3.05, 3.63) is 0 Å². The molecule has 0 N–H and O–H groups in total. The minimum absolute atomic E-state index is 0.297. The van der Waals surface area contributed by atoms with E-state index in [1.54, 1.807) is 0 Å². The Balaban J connectivity index is 1.85. The SMILES string of the molecule is CC1CN(CC2CCCCC2=O)CC(C)O1. The molecule has 3 nitrogen and oxygen atoms in total. The molecule has 0 radical (unpaired) electrons. The standard InChI is InChI=1S/C13H23NO2/c1-10-7-14(8-11(2)16-10)9-12-5-3-4-6-13(12)15/h10-12H,3-9H2,1-2H3. The highest BCUT2D eigenvalue weighted by Gasteiger charge is 2.28. The molecular weight excluding hydrogens is 202 g/mol. The fourth-order valence-corrected chi connectivity index (χ4v) is 2.99. The average molecular weight is 225 g/mol. The predicted molar refractivity (Wildman–Crippen MR) is 63.4 cm³/mol. The van der Waals surface area contributed by atoms with Crippen molar-refractivity contribution < 1.29 is 9.53 Å².